The van der Waals surface area contributed by atoms with Gasteiger partial charge in [0.05, 0.1) is 5.52 Å². The lowest BCUT2D eigenvalue weighted by Gasteiger charge is -2.11. The van der Waals surface area contributed by atoms with Crippen molar-refractivity contribution in [3.05, 3.63) is 53.0 Å². The van der Waals surface area contributed by atoms with E-state index in [1.807, 2.05) is 48.5 Å². The quantitative estimate of drug-likeness (QED) is 0.458. The number of anilines is 1. The summed E-state index contributed by atoms with van der Waals surface area (Å²) in [5.74, 6) is -0.288. The van der Waals surface area contributed by atoms with Crippen LogP contribution < -0.4 is 16.2 Å². The smallest absolute Gasteiger partial charge is 0.260 e. The van der Waals surface area contributed by atoms with Gasteiger partial charge >= 0.3 is 0 Å². The summed E-state index contributed by atoms with van der Waals surface area (Å²) in [6.07, 6.45) is 0. The van der Waals surface area contributed by atoms with Gasteiger partial charge in [-0.1, -0.05) is 39.3 Å². The van der Waals surface area contributed by atoms with Gasteiger partial charge in [0, 0.05) is 10.2 Å². The summed E-state index contributed by atoms with van der Waals surface area (Å²) in [4.78, 5) is 12.0. The minimum Gasteiger partial charge on any atom is -0.331 e. The van der Waals surface area contributed by atoms with Crippen molar-refractivity contribution in [2.45, 2.75) is 6.54 Å². The van der Waals surface area contributed by atoms with Crippen LogP contribution in [0.4, 0.5) is 5.69 Å². The first-order valence-corrected chi connectivity index (χ1v) is 8.21. The Morgan fingerprint density at radius 1 is 1.17 bits per heavy atom. The SMILES string of the molecule is O=C(Cn1nnc2ccccc21)NNC(=S)Nc1cccc(Br)c1. The summed E-state index contributed by atoms with van der Waals surface area (Å²) < 4.78 is 2.45. The van der Waals surface area contributed by atoms with Crippen molar-refractivity contribution in [1.82, 2.24) is 25.8 Å². The van der Waals surface area contributed by atoms with Crippen LogP contribution in [0.25, 0.3) is 11.0 Å². The van der Waals surface area contributed by atoms with Gasteiger partial charge in [-0.05, 0) is 42.5 Å². The fourth-order valence-electron chi connectivity index (χ4n) is 2.06. The molecule has 1 amide bonds. The van der Waals surface area contributed by atoms with Gasteiger partial charge in [0.25, 0.3) is 5.91 Å². The molecule has 0 saturated heterocycles. The van der Waals surface area contributed by atoms with Crippen LogP contribution in [0.2, 0.25) is 0 Å². The molecule has 0 fully saturated rings. The Balaban J connectivity index is 1.53. The highest BCUT2D eigenvalue weighted by Crippen LogP contribution is 2.15. The first kappa shape index (κ1) is 16.3. The first-order valence-electron chi connectivity index (χ1n) is 7.01. The van der Waals surface area contributed by atoms with Crippen LogP contribution >= 0.6 is 28.1 Å². The van der Waals surface area contributed by atoms with Gasteiger partial charge in [-0.25, -0.2) is 4.68 Å². The third-order valence-electron chi connectivity index (χ3n) is 3.11. The lowest BCUT2D eigenvalue weighted by molar-refractivity contribution is -0.122. The first-order chi connectivity index (χ1) is 11.6. The van der Waals surface area contributed by atoms with Crippen molar-refractivity contribution < 1.29 is 4.79 Å². The second-order valence-electron chi connectivity index (χ2n) is 4.87. The number of halogens is 1. The molecule has 7 nitrogen and oxygen atoms in total. The van der Waals surface area contributed by atoms with Gasteiger partial charge in [-0.15, -0.1) is 5.10 Å². The van der Waals surface area contributed by atoms with Crippen LogP contribution in [-0.4, -0.2) is 26.0 Å². The molecule has 3 aromatic rings. The summed E-state index contributed by atoms with van der Waals surface area (Å²) in [6.45, 7) is 0.0347. The fraction of sp³-hybridized carbons (Fsp3) is 0.0667. The lowest BCUT2D eigenvalue weighted by Crippen LogP contribution is -2.45. The van der Waals surface area contributed by atoms with E-state index in [2.05, 4.69) is 42.4 Å². The molecule has 2 aromatic carbocycles. The van der Waals surface area contributed by atoms with Gasteiger partial charge in [0.2, 0.25) is 0 Å². The normalized spacial score (nSPS) is 10.4. The van der Waals surface area contributed by atoms with E-state index >= 15 is 0 Å². The van der Waals surface area contributed by atoms with E-state index in [0.29, 0.717) is 0 Å². The second kappa shape index (κ2) is 7.37. The number of fused-ring (bicyclic) bond motifs is 1. The number of nitrogens with zero attached hydrogens (tertiary/aromatic N) is 3. The number of carbonyl (C=O) groups excluding carboxylic acids is 1. The van der Waals surface area contributed by atoms with Crippen LogP contribution in [-0.2, 0) is 11.3 Å². The molecule has 0 atom stereocenters. The van der Waals surface area contributed by atoms with E-state index in [4.69, 9.17) is 12.2 Å². The zero-order chi connectivity index (χ0) is 16.9. The van der Waals surface area contributed by atoms with Crippen LogP contribution in [0, 0.1) is 0 Å². The molecule has 0 aliphatic heterocycles. The maximum absolute atomic E-state index is 12.0. The third kappa shape index (κ3) is 4.06. The number of hydrogen-bond acceptors (Lipinski definition) is 4. The number of rotatable bonds is 3. The Morgan fingerprint density at radius 3 is 2.83 bits per heavy atom. The Labute approximate surface area is 151 Å². The highest BCUT2D eigenvalue weighted by Gasteiger charge is 2.08. The highest BCUT2D eigenvalue weighted by molar-refractivity contribution is 9.10. The summed E-state index contributed by atoms with van der Waals surface area (Å²) in [7, 11) is 0. The zero-order valence-corrected chi connectivity index (χ0v) is 14.8. The van der Waals surface area contributed by atoms with Crippen molar-refractivity contribution in [1.29, 1.82) is 0 Å². The predicted molar refractivity (Wildman–Crippen MR) is 99.2 cm³/mol. The van der Waals surface area contributed by atoms with Crippen LogP contribution in [0.1, 0.15) is 0 Å². The molecule has 9 heteroatoms. The summed E-state index contributed by atoms with van der Waals surface area (Å²) >= 11 is 8.51. The Morgan fingerprint density at radius 2 is 2.00 bits per heavy atom. The third-order valence-corrected chi connectivity index (χ3v) is 3.81. The average Bonchev–Trinajstić information content (AvgIpc) is 2.96. The highest BCUT2D eigenvalue weighted by atomic mass is 79.9. The minimum atomic E-state index is -0.288. The Kier molecular flexibility index (Phi) is 5.02. The average molecular weight is 405 g/mol. The molecule has 0 spiro atoms. The molecule has 122 valence electrons. The molecule has 3 N–H and O–H groups in total. The van der Waals surface area contributed by atoms with Gasteiger partial charge in [-0.2, -0.15) is 0 Å². The van der Waals surface area contributed by atoms with Crippen molar-refractivity contribution in [2.24, 2.45) is 0 Å². The molecule has 3 rings (SSSR count). The molecular weight excluding hydrogens is 392 g/mol. The Bertz CT molecular complexity index is 896. The van der Waals surface area contributed by atoms with Crippen molar-refractivity contribution in [2.75, 3.05) is 5.32 Å². The molecule has 1 aromatic heterocycles. The van der Waals surface area contributed by atoms with E-state index in [1.165, 1.54) is 4.68 Å². The molecule has 0 unspecified atom stereocenters. The molecule has 24 heavy (non-hydrogen) atoms. The van der Waals surface area contributed by atoms with Crippen LogP contribution in [0.15, 0.2) is 53.0 Å². The standard InChI is InChI=1S/C15H13BrN6OS/c16-10-4-3-5-11(8-10)17-15(24)20-19-14(23)9-22-13-7-2-1-6-12(13)18-21-22/h1-8H,9H2,(H,19,23)(H2,17,20,24). The number of amides is 1. The number of thiocarbonyl (C=S) groups is 1. The number of para-hydroxylation sites is 1. The number of nitrogens with one attached hydrogen (secondary N) is 3. The zero-order valence-electron chi connectivity index (χ0n) is 12.4. The molecule has 0 bridgehead atoms. The van der Waals surface area contributed by atoms with E-state index in [9.17, 15) is 4.79 Å². The topological polar surface area (TPSA) is 83.9 Å². The number of carbonyl (C=O) groups is 1. The summed E-state index contributed by atoms with van der Waals surface area (Å²) in [5, 5.41) is 11.2. The largest absolute Gasteiger partial charge is 0.331 e. The number of aromatic nitrogens is 3. The number of hydrogen-bond donors (Lipinski definition) is 3. The number of benzene rings is 2. The maximum atomic E-state index is 12.0. The fourth-order valence-corrected chi connectivity index (χ4v) is 2.63. The Hall–Kier alpha value is -2.52. The van der Waals surface area contributed by atoms with Gasteiger partial charge < -0.3 is 5.32 Å². The molecule has 0 aliphatic rings. The predicted octanol–water partition coefficient (Wildman–Crippen LogP) is 2.21. The van der Waals surface area contributed by atoms with Gasteiger partial charge in [-0.3, -0.25) is 15.6 Å². The van der Waals surface area contributed by atoms with Gasteiger partial charge in [0.1, 0.15) is 12.1 Å². The number of hydrazine groups is 1. The van der Waals surface area contributed by atoms with Crippen molar-refractivity contribution in [3.63, 3.8) is 0 Å². The van der Waals surface area contributed by atoms with Crippen molar-refractivity contribution in [3.8, 4) is 0 Å². The van der Waals surface area contributed by atoms with E-state index in [-0.39, 0.29) is 17.6 Å². The summed E-state index contributed by atoms with van der Waals surface area (Å²) in [6, 6.07) is 15.0. The van der Waals surface area contributed by atoms with Gasteiger partial charge in [0.15, 0.2) is 5.11 Å². The summed E-state index contributed by atoms with van der Waals surface area (Å²) in [5.41, 5.74) is 7.52. The molecule has 0 radical (unpaired) electrons. The van der Waals surface area contributed by atoms with Crippen LogP contribution in [0.3, 0.4) is 0 Å². The molecule has 0 saturated carbocycles. The van der Waals surface area contributed by atoms with Crippen LogP contribution in [0.5, 0.6) is 0 Å². The molecule has 0 aliphatic carbocycles. The molecular formula is C15H13BrN6OS. The second-order valence-corrected chi connectivity index (χ2v) is 6.20. The van der Waals surface area contributed by atoms with E-state index in [0.717, 1.165) is 21.2 Å². The van der Waals surface area contributed by atoms with Crippen molar-refractivity contribution >= 4 is 55.9 Å². The lowest BCUT2D eigenvalue weighted by atomic mass is 10.3. The molecule has 1 heterocycles. The van der Waals surface area contributed by atoms with E-state index in [1.54, 1.807) is 0 Å². The van der Waals surface area contributed by atoms with E-state index < -0.39 is 0 Å². The maximum Gasteiger partial charge on any atom is 0.260 e. The monoisotopic (exact) mass is 404 g/mol. The minimum absolute atomic E-state index is 0.0347.